The molecule has 2 rings (SSSR count). The Labute approximate surface area is 118 Å². The molecule has 0 saturated carbocycles. The van der Waals surface area contributed by atoms with Crippen LogP contribution in [-0.4, -0.2) is 25.3 Å². The zero-order chi connectivity index (χ0) is 14.5. The average molecular weight is 273 g/mol. The predicted octanol–water partition coefficient (Wildman–Crippen LogP) is 1.58. The monoisotopic (exact) mass is 273 g/mol. The highest BCUT2D eigenvalue weighted by Crippen LogP contribution is 2.26. The number of rotatable bonds is 5. The van der Waals surface area contributed by atoms with E-state index < -0.39 is 0 Å². The molecule has 0 fully saturated rings. The SMILES string of the molecule is CN(C)c1ccc(N)c(OCCn2ccccc2=O)c1. The number of pyridine rings is 1. The van der Waals surface area contributed by atoms with Crippen molar-refractivity contribution in [3.05, 3.63) is 52.9 Å². The predicted molar refractivity (Wildman–Crippen MR) is 81.4 cm³/mol. The van der Waals surface area contributed by atoms with Crippen LogP contribution >= 0.6 is 0 Å². The quantitative estimate of drug-likeness (QED) is 0.840. The number of aromatic nitrogens is 1. The van der Waals surface area contributed by atoms with Crippen molar-refractivity contribution in [2.75, 3.05) is 31.3 Å². The van der Waals surface area contributed by atoms with Gasteiger partial charge < -0.3 is 19.9 Å². The zero-order valence-electron chi connectivity index (χ0n) is 11.7. The Kier molecular flexibility index (Phi) is 4.30. The normalized spacial score (nSPS) is 10.3. The Balaban J connectivity index is 2.02. The molecule has 0 spiro atoms. The molecular formula is C15H19N3O2. The third kappa shape index (κ3) is 3.32. The summed E-state index contributed by atoms with van der Waals surface area (Å²) in [5, 5.41) is 0. The van der Waals surface area contributed by atoms with Crippen LogP contribution in [0.1, 0.15) is 0 Å². The molecule has 2 aromatic rings. The molecule has 20 heavy (non-hydrogen) atoms. The van der Waals surface area contributed by atoms with Crippen LogP contribution in [-0.2, 0) is 6.54 Å². The van der Waals surface area contributed by atoms with Crippen LogP contribution in [0.25, 0.3) is 0 Å². The van der Waals surface area contributed by atoms with E-state index in [1.54, 1.807) is 16.8 Å². The fraction of sp³-hybridized carbons (Fsp3) is 0.267. The number of anilines is 2. The van der Waals surface area contributed by atoms with Gasteiger partial charge in [0.1, 0.15) is 12.4 Å². The first-order valence-electron chi connectivity index (χ1n) is 6.43. The van der Waals surface area contributed by atoms with Crippen LogP contribution in [0.4, 0.5) is 11.4 Å². The lowest BCUT2D eigenvalue weighted by molar-refractivity contribution is 0.298. The standard InChI is InChI=1S/C15H19N3O2/c1-17(2)12-6-7-13(16)14(11-12)20-10-9-18-8-4-3-5-15(18)19/h3-8,11H,9-10,16H2,1-2H3. The largest absolute Gasteiger partial charge is 0.489 e. The molecule has 0 aliphatic carbocycles. The Hall–Kier alpha value is -2.43. The van der Waals surface area contributed by atoms with Gasteiger partial charge in [-0.05, 0) is 18.2 Å². The van der Waals surface area contributed by atoms with Crippen molar-refractivity contribution in [3.63, 3.8) is 0 Å². The van der Waals surface area contributed by atoms with Crippen molar-refractivity contribution in [2.45, 2.75) is 6.54 Å². The number of nitrogen functional groups attached to an aromatic ring is 1. The third-order valence-electron chi connectivity index (χ3n) is 3.00. The molecule has 0 amide bonds. The molecule has 106 valence electrons. The molecule has 5 heteroatoms. The van der Waals surface area contributed by atoms with Crippen molar-refractivity contribution >= 4 is 11.4 Å². The molecule has 1 heterocycles. The summed E-state index contributed by atoms with van der Waals surface area (Å²) in [6, 6.07) is 10.7. The molecule has 5 nitrogen and oxygen atoms in total. The van der Waals surface area contributed by atoms with Gasteiger partial charge in [-0.2, -0.15) is 0 Å². The van der Waals surface area contributed by atoms with Gasteiger partial charge in [-0.1, -0.05) is 6.07 Å². The van der Waals surface area contributed by atoms with Crippen LogP contribution in [0, 0.1) is 0 Å². The van der Waals surface area contributed by atoms with Crippen molar-refractivity contribution in [3.8, 4) is 5.75 Å². The van der Waals surface area contributed by atoms with E-state index in [0.717, 1.165) is 5.69 Å². The van der Waals surface area contributed by atoms with Gasteiger partial charge in [0.2, 0.25) is 0 Å². The first-order chi connectivity index (χ1) is 9.58. The maximum absolute atomic E-state index is 11.5. The molecule has 0 bridgehead atoms. The molecule has 0 atom stereocenters. The molecule has 0 aliphatic heterocycles. The van der Waals surface area contributed by atoms with Gasteiger partial charge >= 0.3 is 0 Å². The van der Waals surface area contributed by atoms with Crippen molar-refractivity contribution in [2.24, 2.45) is 0 Å². The second-order valence-electron chi connectivity index (χ2n) is 4.70. The fourth-order valence-corrected chi connectivity index (χ4v) is 1.83. The Morgan fingerprint density at radius 3 is 2.75 bits per heavy atom. The summed E-state index contributed by atoms with van der Waals surface area (Å²) in [6.45, 7) is 0.885. The molecule has 0 radical (unpaired) electrons. The third-order valence-corrected chi connectivity index (χ3v) is 3.00. The molecule has 0 unspecified atom stereocenters. The maximum Gasteiger partial charge on any atom is 0.250 e. The van der Waals surface area contributed by atoms with Crippen molar-refractivity contribution in [1.82, 2.24) is 4.57 Å². The number of hydrogen-bond acceptors (Lipinski definition) is 4. The summed E-state index contributed by atoms with van der Waals surface area (Å²) in [6.07, 6.45) is 1.74. The highest BCUT2D eigenvalue weighted by Gasteiger charge is 2.04. The van der Waals surface area contributed by atoms with E-state index in [1.165, 1.54) is 6.07 Å². The van der Waals surface area contributed by atoms with E-state index in [4.69, 9.17) is 10.5 Å². The minimum absolute atomic E-state index is 0.0360. The summed E-state index contributed by atoms with van der Waals surface area (Å²) in [5.74, 6) is 0.639. The van der Waals surface area contributed by atoms with Crippen LogP contribution in [0.2, 0.25) is 0 Å². The number of hydrogen-bond donors (Lipinski definition) is 1. The second kappa shape index (κ2) is 6.14. The second-order valence-corrected chi connectivity index (χ2v) is 4.70. The van der Waals surface area contributed by atoms with Gasteiger partial charge in [0.15, 0.2) is 0 Å². The highest BCUT2D eigenvalue weighted by atomic mass is 16.5. The van der Waals surface area contributed by atoms with Gasteiger partial charge in [-0.3, -0.25) is 4.79 Å². The first kappa shape index (κ1) is 14.0. The van der Waals surface area contributed by atoms with E-state index in [1.807, 2.05) is 43.3 Å². The lowest BCUT2D eigenvalue weighted by Gasteiger charge is -2.16. The Morgan fingerprint density at radius 2 is 2.05 bits per heavy atom. The van der Waals surface area contributed by atoms with Crippen molar-refractivity contribution < 1.29 is 4.74 Å². The van der Waals surface area contributed by atoms with Gasteiger partial charge in [0.25, 0.3) is 5.56 Å². The summed E-state index contributed by atoms with van der Waals surface area (Å²) >= 11 is 0. The summed E-state index contributed by atoms with van der Waals surface area (Å²) in [5.41, 5.74) is 7.46. The average Bonchev–Trinajstić information content (AvgIpc) is 2.42. The molecule has 0 saturated heterocycles. The van der Waals surface area contributed by atoms with Crippen LogP contribution in [0.5, 0.6) is 5.75 Å². The molecule has 1 aromatic carbocycles. The van der Waals surface area contributed by atoms with E-state index in [-0.39, 0.29) is 5.56 Å². The van der Waals surface area contributed by atoms with Gasteiger partial charge in [-0.15, -0.1) is 0 Å². The van der Waals surface area contributed by atoms with Crippen molar-refractivity contribution in [1.29, 1.82) is 0 Å². The van der Waals surface area contributed by atoms with E-state index in [9.17, 15) is 4.79 Å². The Bertz CT molecular complexity index is 635. The van der Waals surface area contributed by atoms with E-state index in [0.29, 0.717) is 24.6 Å². The van der Waals surface area contributed by atoms with Gasteiger partial charge in [0, 0.05) is 38.1 Å². The summed E-state index contributed by atoms with van der Waals surface area (Å²) < 4.78 is 7.28. The minimum Gasteiger partial charge on any atom is -0.489 e. The molecule has 2 N–H and O–H groups in total. The number of nitrogens with two attached hydrogens (primary N) is 1. The fourth-order valence-electron chi connectivity index (χ4n) is 1.83. The highest BCUT2D eigenvalue weighted by molar-refractivity contribution is 5.61. The lowest BCUT2D eigenvalue weighted by Crippen LogP contribution is -2.21. The van der Waals surface area contributed by atoms with Crippen LogP contribution in [0.3, 0.4) is 0 Å². The number of ether oxygens (including phenoxy) is 1. The molecular weight excluding hydrogens is 254 g/mol. The zero-order valence-corrected chi connectivity index (χ0v) is 11.7. The molecule has 0 aliphatic rings. The van der Waals surface area contributed by atoms with Crippen LogP contribution in [0.15, 0.2) is 47.4 Å². The van der Waals surface area contributed by atoms with Crippen LogP contribution < -0.4 is 20.9 Å². The van der Waals surface area contributed by atoms with Gasteiger partial charge in [-0.25, -0.2) is 0 Å². The van der Waals surface area contributed by atoms with E-state index in [2.05, 4.69) is 0 Å². The first-order valence-corrected chi connectivity index (χ1v) is 6.43. The number of benzene rings is 1. The topological polar surface area (TPSA) is 60.5 Å². The smallest absolute Gasteiger partial charge is 0.250 e. The number of nitrogens with zero attached hydrogens (tertiary/aromatic N) is 2. The Morgan fingerprint density at radius 1 is 1.25 bits per heavy atom. The maximum atomic E-state index is 11.5. The van der Waals surface area contributed by atoms with E-state index >= 15 is 0 Å². The summed E-state index contributed by atoms with van der Waals surface area (Å²) in [7, 11) is 3.91. The minimum atomic E-state index is -0.0360. The summed E-state index contributed by atoms with van der Waals surface area (Å²) in [4.78, 5) is 13.5. The van der Waals surface area contributed by atoms with Gasteiger partial charge in [0.05, 0.1) is 12.2 Å². The molecule has 1 aromatic heterocycles. The lowest BCUT2D eigenvalue weighted by atomic mass is 10.2.